The lowest BCUT2D eigenvalue weighted by Crippen LogP contribution is -2.35. The number of hydrogen-bond donors (Lipinski definition) is 0. The Morgan fingerprint density at radius 2 is 1.93 bits per heavy atom. The van der Waals surface area contributed by atoms with Gasteiger partial charge >= 0.3 is 0 Å². The number of halogens is 1. The molecule has 5 heteroatoms. The van der Waals surface area contributed by atoms with E-state index in [1.54, 1.807) is 6.07 Å². The van der Waals surface area contributed by atoms with E-state index < -0.39 is 4.92 Å². The first-order chi connectivity index (χ1) is 6.32. The highest BCUT2D eigenvalue weighted by atomic mass is 79.9. The monoisotopic (exact) mass is 259 g/mol. The first-order valence-electron chi connectivity index (χ1n) is 4.08. The van der Waals surface area contributed by atoms with E-state index in [4.69, 9.17) is 0 Å². The molecule has 0 spiro atoms. The molecule has 0 aliphatic rings. The second-order valence-corrected chi connectivity index (χ2v) is 4.76. The minimum absolute atomic E-state index is 0.106. The van der Waals surface area contributed by atoms with Crippen LogP contribution in [0, 0.1) is 10.1 Å². The van der Waals surface area contributed by atoms with Gasteiger partial charge in [-0.25, -0.2) is 0 Å². The maximum absolute atomic E-state index is 10.5. The average molecular weight is 260 g/mol. The molecule has 1 aromatic rings. The van der Waals surface area contributed by atoms with E-state index in [0.717, 1.165) is 10.2 Å². The van der Waals surface area contributed by atoms with Crippen molar-refractivity contribution in [1.29, 1.82) is 0 Å². The maximum Gasteiger partial charge on any atom is 0.271 e. The molecule has 0 bridgehead atoms. The average Bonchev–Trinajstić information content (AvgIpc) is 2.01. The lowest BCUT2D eigenvalue weighted by atomic mass is 10.2. The zero-order chi connectivity index (χ0) is 10.9. The third-order valence-electron chi connectivity index (χ3n) is 1.86. The van der Waals surface area contributed by atoms with Crippen molar-refractivity contribution < 1.29 is 4.92 Å². The lowest BCUT2D eigenvalue weighted by molar-refractivity contribution is -0.384. The number of benzene rings is 1. The third-order valence-corrected chi connectivity index (χ3v) is 2.50. The zero-order valence-electron chi connectivity index (χ0n) is 8.32. The highest BCUT2D eigenvalue weighted by molar-refractivity contribution is 9.10. The van der Waals surface area contributed by atoms with E-state index in [9.17, 15) is 10.1 Å². The largest absolute Gasteiger partial charge is 0.297 e. The van der Waals surface area contributed by atoms with Gasteiger partial charge in [0, 0.05) is 18.2 Å². The van der Waals surface area contributed by atoms with Gasteiger partial charge in [0.25, 0.3) is 5.69 Å². The van der Waals surface area contributed by atoms with Crippen molar-refractivity contribution in [2.75, 3.05) is 21.1 Å². The van der Waals surface area contributed by atoms with Crippen molar-refractivity contribution >= 4 is 27.3 Å². The molecule has 76 valence electrons. The number of rotatable bonds is 2. The van der Waals surface area contributed by atoms with Crippen LogP contribution < -0.4 is 4.48 Å². The molecule has 0 aromatic heterocycles. The van der Waals surface area contributed by atoms with Crippen LogP contribution in [0.1, 0.15) is 0 Å². The Balaban J connectivity index is 3.21. The number of hydrogen-bond acceptors (Lipinski definition) is 2. The van der Waals surface area contributed by atoms with Crippen LogP contribution in [0.3, 0.4) is 0 Å². The van der Waals surface area contributed by atoms with Crippen LogP contribution in [0.25, 0.3) is 0 Å². The number of nitro benzene ring substituents is 1. The van der Waals surface area contributed by atoms with Crippen LogP contribution in [0.5, 0.6) is 0 Å². The minimum atomic E-state index is -0.399. The van der Waals surface area contributed by atoms with Gasteiger partial charge in [-0.1, -0.05) is 0 Å². The van der Waals surface area contributed by atoms with Crippen LogP contribution in [-0.2, 0) is 0 Å². The summed E-state index contributed by atoms with van der Waals surface area (Å²) in [6.07, 6.45) is 0. The van der Waals surface area contributed by atoms with Crippen molar-refractivity contribution in [3.8, 4) is 0 Å². The van der Waals surface area contributed by atoms with Gasteiger partial charge in [0.1, 0.15) is 5.69 Å². The molecule has 1 aromatic carbocycles. The van der Waals surface area contributed by atoms with Gasteiger partial charge in [-0.3, -0.25) is 14.6 Å². The van der Waals surface area contributed by atoms with Gasteiger partial charge in [-0.05, 0) is 15.9 Å². The van der Waals surface area contributed by atoms with Gasteiger partial charge < -0.3 is 0 Å². The zero-order valence-corrected chi connectivity index (χ0v) is 9.91. The molecule has 0 aliphatic heterocycles. The van der Waals surface area contributed by atoms with Crippen molar-refractivity contribution in [3.05, 3.63) is 32.8 Å². The van der Waals surface area contributed by atoms with E-state index in [1.807, 2.05) is 21.1 Å². The summed E-state index contributed by atoms with van der Waals surface area (Å²) in [7, 11) is 6.02. The molecule has 0 fully saturated rings. The standard InChI is InChI=1S/C9H12BrN2O2/c1-12(2,3)9-5-4-7(11(13)14)6-8(9)10/h4-6H,1-3H3/q+1. The van der Waals surface area contributed by atoms with E-state index >= 15 is 0 Å². The van der Waals surface area contributed by atoms with Crippen molar-refractivity contribution in [2.24, 2.45) is 0 Å². The fourth-order valence-corrected chi connectivity index (χ4v) is 2.05. The highest BCUT2D eigenvalue weighted by Gasteiger charge is 2.18. The predicted molar refractivity (Wildman–Crippen MR) is 60.4 cm³/mol. The van der Waals surface area contributed by atoms with Gasteiger partial charge in [0.05, 0.1) is 30.5 Å². The summed E-state index contributed by atoms with van der Waals surface area (Å²) < 4.78 is 1.39. The fraction of sp³-hybridized carbons (Fsp3) is 0.333. The first kappa shape index (κ1) is 11.1. The first-order valence-corrected chi connectivity index (χ1v) is 4.87. The minimum Gasteiger partial charge on any atom is -0.297 e. The lowest BCUT2D eigenvalue weighted by Gasteiger charge is -2.24. The highest BCUT2D eigenvalue weighted by Crippen LogP contribution is 2.31. The van der Waals surface area contributed by atoms with Crippen LogP contribution in [0.4, 0.5) is 11.4 Å². The summed E-state index contributed by atoms with van der Waals surface area (Å²) in [5, 5.41) is 10.5. The second kappa shape index (κ2) is 3.67. The molecule has 0 saturated heterocycles. The molecular weight excluding hydrogens is 248 g/mol. The van der Waals surface area contributed by atoms with E-state index in [1.165, 1.54) is 12.1 Å². The molecule has 4 nitrogen and oxygen atoms in total. The molecule has 0 N–H and O–H groups in total. The molecule has 1 rings (SSSR count). The number of quaternary nitrogens is 1. The predicted octanol–water partition coefficient (Wildman–Crippen LogP) is 2.55. The van der Waals surface area contributed by atoms with Crippen molar-refractivity contribution in [2.45, 2.75) is 0 Å². The van der Waals surface area contributed by atoms with Gasteiger partial charge in [-0.2, -0.15) is 0 Å². The maximum atomic E-state index is 10.5. The smallest absolute Gasteiger partial charge is 0.271 e. The summed E-state index contributed by atoms with van der Waals surface area (Å²) in [5.74, 6) is 0. The molecule has 0 radical (unpaired) electrons. The van der Waals surface area contributed by atoms with Crippen LogP contribution in [-0.4, -0.2) is 26.1 Å². The Hall–Kier alpha value is -0.940. The van der Waals surface area contributed by atoms with Gasteiger partial charge in [0.2, 0.25) is 0 Å². The summed E-state index contributed by atoms with van der Waals surface area (Å²) in [5.41, 5.74) is 1.12. The topological polar surface area (TPSA) is 43.1 Å². The quantitative estimate of drug-likeness (QED) is 0.466. The van der Waals surface area contributed by atoms with Gasteiger partial charge in [0.15, 0.2) is 0 Å². The SMILES string of the molecule is C[N+](C)(C)c1ccc([N+](=O)[O-])cc1Br. The van der Waals surface area contributed by atoms with E-state index in [0.29, 0.717) is 4.48 Å². The fourth-order valence-electron chi connectivity index (χ4n) is 1.15. The summed E-state index contributed by atoms with van der Waals surface area (Å²) in [6.45, 7) is 0. The van der Waals surface area contributed by atoms with Crippen LogP contribution in [0.2, 0.25) is 0 Å². The Labute approximate surface area is 91.0 Å². The molecule has 0 heterocycles. The molecule has 0 aliphatic carbocycles. The Bertz CT molecular complexity index is 372. The summed E-state index contributed by atoms with van der Waals surface area (Å²) in [6, 6.07) is 4.81. The molecule has 0 atom stereocenters. The van der Waals surface area contributed by atoms with Crippen molar-refractivity contribution in [3.63, 3.8) is 0 Å². The van der Waals surface area contributed by atoms with Crippen LogP contribution >= 0.6 is 15.9 Å². The second-order valence-electron chi connectivity index (χ2n) is 3.91. The summed E-state index contributed by atoms with van der Waals surface area (Å²) >= 11 is 3.33. The normalized spacial score (nSPS) is 11.4. The molecule has 0 unspecified atom stereocenters. The number of non-ortho nitro benzene ring substituents is 1. The summed E-state index contributed by atoms with van der Waals surface area (Å²) in [4.78, 5) is 10.1. The number of nitrogens with zero attached hydrogens (tertiary/aromatic N) is 2. The molecular formula is C9H12BrN2O2+. The Morgan fingerprint density at radius 1 is 1.36 bits per heavy atom. The van der Waals surface area contributed by atoms with Crippen LogP contribution in [0.15, 0.2) is 22.7 Å². The third kappa shape index (κ3) is 2.30. The van der Waals surface area contributed by atoms with Crippen molar-refractivity contribution in [1.82, 2.24) is 4.48 Å². The van der Waals surface area contributed by atoms with E-state index in [-0.39, 0.29) is 5.69 Å². The molecule has 0 saturated carbocycles. The Morgan fingerprint density at radius 3 is 2.29 bits per heavy atom. The van der Waals surface area contributed by atoms with E-state index in [2.05, 4.69) is 15.9 Å². The number of nitro groups is 1. The van der Waals surface area contributed by atoms with Gasteiger partial charge in [-0.15, -0.1) is 0 Å². The Kier molecular flexibility index (Phi) is 2.92. The molecule has 14 heavy (non-hydrogen) atoms. The molecule has 0 amide bonds.